The first-order chi connectivity index (χ1) is 11.7. The van der Waals surface area contributed by atoms with E-state index in [2.05, 4.69) is 0 Å². The summed E-state index contributed by atoms with van der Waals surface area (Å²) in [4.78, 5) is 17.3. The zero-order valence-electron chi connectivity index (χ0n) is 13.4. The zero-order valence-corrected chi connectivity index (χ0v) is 14.2. The van der Waals surface area contributed by atoms with E-state index in [-0.39, 0.29) is 10.6 Å². The summed E-state index contributed by atoms with van der Waals surface area (Å²) in [6.45, 7) is 0. The Morgan fingerprint density at radius 3 is 2.67 bits per heavy atom. The Hall–Kier alpha value is -2.14. The predicted octanol–water partition coefficient (Wildman–Crippen LogP) is 5.50. The molecule has 0 aliphatic heterocycles. The maximum atomic E-state index is 10.9. The van der Waals surface area contributed by atoms with Gasteiger partial charge in [0.1, 0.15) is 0 Å². The van der Waals surface area contributed by atoms with E-state index in [0.717, 1.165) is 15.4 Å². The Balaban J connectivity index is 1.77. The van der Waals surface area contributed by atoms with Gasteiger partial charge in [-0.15, -0.1) is 0 Å². The molecule has 1 aliphatic carbocycles. The van der Waals surface area contributed by atoms with Crippen LogP contribution in [-0.2, 0) is 0 Å². The summed E-state index contributed by atoms with van der Waals surface area (Å²) in [7, 11) is 0. The molecule has 0 unspecified atom stereocenters. The highest BCUT2D eigenvalue weighted by molar-refractivity contribution is 7.99. The van der Waals surface area contributed by atoms with E-state index in [9.17, 15) is 10.1 Å². The average Bonchev–Trinajstić information content (AvgIpc) is 2.62. The lowest BCUT2D eigenvalue weighted by Crippen LogP contribution is -2.09. The number of hydrogen-bond acceptors (Lipinski definition) is 4. The van der Waals surface area contributed by atoms with Crippen molar-refractivity contribution in [1.29, 1.82) is 0 Å². The van der Waals surface area contributed by atoms with Gasteiger partial charge in [0.25, 0.3) is 5.69 Å². The van der Waals surface area contributed by atoms with Crippen molar-refractivity contribution in [3.8, 4) is 0 Å². The Kier molecular flexibility index (Phi) is 5.64. The summed E-state index contributed by atoms with van der Waals surface area (Å²) >= 11 is 1.54. The minimum absolute atomic E-state index is 0.119. The lowest BCUT2D eigenvalue weighted by Gasteiger charge is -2.17. The summed E-state index contributed by atoms with van der Waals surface area (Å²) in [6.07, 6.45) is 8.19. The molecular weight excluding hydrogens is 320 g/mol. The number of rotatable bonds is 5. The van der Waals surface area contributed by atoms with Gasteiger partial charge in [0.15, 0.2) is 0 Å². The molecule has 2 aromatic carbocycles. The number of nitrogens with zero attached hydrogens (tertiary/aromatic N) is 2. The molecule has 4 nitrogen and oxygen atoms in total. The Morgan fingerprint density at radius 2 is 1.88 bits per heavy atom. The van der Waals surface area contributed by atoms with Gasteiger partial charge in [-0.1, -0.05) is 55.3 Å². The molecule has 0 spiro atoms. The van der Waals surface area contributed by atoms with E-state index in [0.29, 0.717) is 6.04 Å². The second-order valence-corrected chi connectivity index (χ2v) is 7.08. The monoisotopic (exact) mass is 340 g/mol. The molecule has 2 aromatic rings. The van der Waals surface area contributed by atoms with Crippen LogP contribution in [0.15, 0.2) is 63.3 Å². The third-order valence-electron chi connectivity index (χ3n) is 4.17. The molecule has 0 atom stereocenters. The highest BCUT2D eigenvalue weighted by atomic mass is 32.2. The fourth-order valence-electron chi connectivity index (χ4n) is 2.88. The number of non-ortho nitro benzene ring substituents is 1. The Bertz CT molecular complexity index is 740. The van der Waals surface area contributed by atoms with Crippen LogP contribution in [0.25, 0.3) is 0 Å². The van der Waals surface area contributed by atoms with Crippen molar-refractivity contribution in [1.82, 2.24) is 0 Å². The van der Waals surface area contributed by atoms with Crippen LogP contribution in [0.3, 0.4) is 0 Å². The second-order valence-electron chi connectivity index (χ2n) is 5.96. The van der Waals surface area contributed by atoms with Crippen LogP contribution < -0.4 is 0 Å². The highest BCUT2D eigenvalue weighted by Gasteiger charge is 2.12. The van der Waals surface area contributed by atoms with Crippen molar-refractivity contribution >= 4 is 23.7 Å². The largest absolute Gasteiger partial charge is 0.289 e. The average molecular weight is 340 g/mol. The summed E-state index contributed by atoms with van der Waals surface area (Å²) in [5, 5.41) is 10.9. The third kappa shape index (κ3) is 4.45. The molecule has 0 heterocycles. The van der Waals surface area contributed by atoms with E-state index in [1.807, 2.05) is 36.5 Å². The van der Waals surface area contributed by atoms with Gasteiger partial charge in [-0.25, -0.2) is 0 Å². The lowest BCUT2D eigenvalue weighted by atomic mass is 9.96. The SMILES string of the molecule is O=[N+]([O-])c1cccc(Sc2ccccc2C=NC2CCCCC2)c1. The molecule has 5 heteroatoms. The van der Waals surface area contributed by atoms with Crippen molar-refractivity contribution in [3.63, 3.8) is 0 Å². The van der Waals surface area contributed by atoms with Crippen molar-refractivity contribution in [2.24, 2.45) is 4.99 Å². The molecule has 0 bridgehead atoms. The van der Waals surface area contributed by atoms with Crippen LogP contribution in [0.1, 0.15) is 37.7 Å². The van der Waals surface area contributed by atoms with Gasteiger partial charge in [-0.2, -0.15) is 0 Å². The highest BCUT2D eigenvalue weighted by Crippen LogP contribution is 2.32. The topological polar surface area (TPSA) is 55.5 Å². The molecule has 0 amide bonds. The molecule has 0 radical (unpaired) electrons. The van der Waals surface area contributed by atoms with Crippen LogP contribution in [0.5, 0.6) is 0 Å². The fourth-order valence-corrected chi connectivity index (χ4v) is 3.85. The Morgan fingerprint density at radius 1 is 1.08 bits per heavy atom. The van der Waals surface area contributed by atoms with Crippen LogP contribution in [-0.4, -0.2) is 17.2 Å². The number of aliphatic imine (C=N–C) groups is 1. The van der Waals surface area contributed by atoms with E-state index in [1.165, 1.54) is 49.9 Å². The quantitative estimate of drug-likeness (QED) is 0.410. The summed E-state index contributed by atoms with van der Waals surface area (Å²) in [5.74, 6) is 0. The molecule has 1 aliphatic rings. The van der Waals surface area contributed by atoms with E-state index < -0.39 is 0 Å². The maximum absolute atomic E-state index is 10.9. The fraction of sp³-hybridized carbons (Fsp3) is 0.316. The van der Waals surface area contributed by atoms with Gasteiger partial charge in [-0.3, -0.25) is 15.1 Å². The third-order valence-corrected chi connectivity index (χ3v) is 5.26. The molecule has 0 saturated heterocycles. The summed E-state index contributed by atoms with van der Waals surface area (Å²) < 4.78 is 0. The van der Waals surface area contributed by atoms with Crippen molar-refractivity contribution in [2.45, 2.75) is 47.9 Å². The molecule has 1 fully saturated rings. The summed E-state index contributed by atoms with van der Waals surface area (Å²) in [6, 6.07) is 15.2. The molecule has 0 N–H and O–H groups in total. The second kappa shape index (κ2) is 8.11. The molecule has 1 saturated carbocycles. The van der Waals surface area contributed by atoms with Crippen molar-refractivity contribution < 1.29 is 4.92 Å². The number of benzene rings is 2. The van der Waals surface area contributed by atoms with Gasteiger partial charge < -0.3 is 0 Å². The van der Waals surface area contributed by atoms with Crippen molar-refractivity contribution in [3.05, 3.63) is 64.2 Å². The summed E-state index contributed by atoms with van der Waals surface area (Å²) in [5.41, 5.74) is 1.19. The zero-order chi connectivity index (χ0) is 16.8. The smallest absolute Gasteiger partial charge is 0.270 e. The van der Waals surface area contributed by atoms with Crippen LogP contribution in [0, 0.1) is 10.1 Å². The molecule has 3 rings (SSSR count). The van der Waals surface area contributed by atoms with Gasteiger partial charge in [0, 0.05) is 39.7 Å². The van der Waals surface area contributed by atoms with Crippen LogP contribution >= 0.6 is 11.8 Å². The minimum Gasteiger partial charge on any atom is -0.289 e. The van der Waals surface area contributed by atoms with Gasteiger partial charge in [0.2, 0.25) is 0 Å². The normalized spacial score (nSPS) is 15.7. The first-order valence-corrected chi connectivity index (χ1v) is 9.08. The first kappa shape index (κ1) is 16.7. The molecule has 124 valence electrons. The van der Waals surface area contributed by atoms with E-state index in [1.54, 1.807) is 12.1 Å². The molecular formula is C19H20N2O2S. The lowest BCUT2D eigenvalue weighted by molar-refractivity contribution is -0.385. The van der Waals surface area contributed by atoms with Gasteiger partial charge >= 0.3 is 0 Å². The number of hydrogen-bond donors (Lipinski definition) is 0. The standard InChI is InChI=1S/C19H20N2O2S/c22-21(23)17-10-6-11-18(13-17)24-19-12-5-4-7-15(19)14-20-16-8-2-1-3-9-16/h4-7,10-14,16H,1-3,8-9H2. The maximum Gasteiger partial charge on any atom is 0.270 e. The van der Waals surface area contributed by atoms with Gasteiger partial charge in [-0.05, 0) is 25.0 Å². The van der Waals surface area contributed by atoms with E-state index >= 15 is 0 Å². The van der Waals surface area contributed by atoms with Crippen LogP contribution in [0.2, 0.25) is 0 Å². The molecule has 24 heavy (non-hydrogen) atoms. The number of nitro benzene ring substituents is 1. The molecule has 0 aromatic heterocycles. The number of nitro groups is 1. The van der Waals surface area contributed by atoms with Crippen LogP contribution in [0.4, 0.5) is 5.69 Å². The van der Waals surface area contributed by atoms with Crippen molar-refractivity contribution in [2.75, 3.05) is 0 Å². The Labute approximate surface area is 146 Å². The van der Waals surface area contributed by atoms with E-state index in [4.69, 9.17) is 4.99 Å². The first-order valence-electron chi connectivity index (χ1n) is 8.27. The predicted molar refractivity (Wildman–Crippen MR) is 98.1 cm³/mol. The minimum atomic E-state index is -0.361. The van der Waals surface area contributed by atoms with Gasteiger partial charge in [0.05, 0.1) is 4.92 Å².